The number of methoxy groups -OCH3 is 2. The van der Waals surface area contributed by atoms with E-state index in [2.05, 4.69) is 15.3 Å². The molecule has 1 aliphatic rings. The SMILES string of the molecule is COc1cc2ncnc(Oc3ccc(NC(=O)c4c5n(n(-c6ccccc6)c4=O)CCCC5)c4ccccc34)c2cc1OC. The predicted octanol–water partition coefficient (Wildman–Crippen LogP) is 6.13. The lowest BCUT2D eigenvalue weighted by atomic mass is 10.0. The minimum absolute atomic E-state index is 0.176. The molecule has 0 atom stereocenters. The number of ether oxygens (including phenoxy) is 3. The number of aromatic nitrogens is 4. The summed E-state index contributed by atoms with van der Waals surface area (Å²) in [5, 5.41) is 5.20. The Morgan fingerprint density at radius 1 is 0.818 bits per heavy atom. The van der Waals surface area contributed by atoms with Gasteiger partial charge >= 0.3 is 0 Å². The molecule has 10 heteroatoms. The Hall–Kier alpha value is -5.64. The largest absolute Gasteiger partial charge is 0.493 e. The van der Waals surface area contributed by atoms with Gasteiger partial charge in [0, 0.05) is 29.1 Å². The second kappa shape index (κ2) is 11.2. The summed E-state index contributed by atoms with van der Waals surface area (Å²) in [6.07, 6.45) is 3.96. The Morgan fingerprint density at radius 3 is 2.36 bits per heavy atom. The fourth-order valence-electron chi connectivity index (χ4n) is 5.88. The number of para-hydroxylation sites is 1. The Bertz CT molecular complexity index is 2100. The van der Waals surface area contributed by atoms with Crippen LogP contribution in [0.5, 0.6) is 23.1 Å². The maximum atomic E-state index is 13.8. The molecule has 0 saturated heterocycles. The maximum Gasteiger partial charge on any atom is 0.284 e. The molecule has 7 rings (SSSR count). The van der Waals surface area contributed by atoms with Crippen molar-refractivity contribution in [2.24, 2.45) is 0 Å². The number of amides is 1. The molecule has 220 valence electrons. The summed E-state index contributed by atoms with van der Waals surface area (Å²) in [7, 11) is 3.13. The summed E-state index contributed by atoms with van der Waals surface area (Å²) in [5.74, 6) is 1.54. The molecule has 10 nitrogen and oxygen atoms in total. The van der Waals surface area contributed by atoms with E-state index in [4.69, 9.17) is 14.2 Å². The summed E-state index contributed by atoms with van der Waals surface area (Å²) in [6.45, 7) is 0.679. The summed E-state index contributed by atoms with van der Waals surface area (Å²) in [5.41, 5.74) is 2.55. The monoisotopic (exact) mass is 587 g/mol. The third-order valence-electron chi connectivity index (χ3n) is 7.95. The van der Waals surface area contributed by atoms with E-state index >= 15 is 0 Å². The van der Waals surface area contributed by atoms with Gasteiger partial charge in [0.2, 0.25) is 5.88 Å². The normalized spacial score (nSPS) is 12.6. The van der Waals surface area contributed by atoms with Crippen LogP contribution in [-0.4, -0.2) is 39.5 Å². The number of nitrogens with zero attached hydrogens (tertiary/aromatic N) is 4. The van der Waals surface area contributed by atoms with E-state index in [0.717, 1.165) is 35.0 Å². The molecule has 1 amide bonds. The predicted molar refractivity (Wildman–Crippen MR) is 168 cm³/mol. The number of fused-ring (bicyclic) bond motifs is 3. The third-order valence-corrected chi connectivity index (χ3v) is 7.95. The molecular weight excluding hydrogens is 558 g/mol. The van der Waals surface area contributed by atoms with Gasteiger partial charge in [-0.1, -0.05) is 42.5 Å². The summed E-state index contributed by atoms with van der Waals surface area (Å²) in [6, 6.07) is 24.2. The molecule has 0 saturated carbocycles. The van der Waals surface area contributed by atoms with Crippen molar-refractivity contribution in [3.8, 4) is 28.8 Å². The van der Waals surface area contributed by atoms with Crippen LogP contribution in [0.25, 0.3) is 27.4 Å². The number of nitrogens with one attached hydrogen (secondary N) is 1. The lowest BCUT2D eigenvalue weighted by molar-refractivity contribution is 0.102. The third kappa shape index (κ3) is 4.60. The first-order valence-electron chi connectivity index (χ1n) is 14.3. The van der Waals surface area contributed by atoms with Gasteiger partial charge in [0.25, 0.3) is 11.5 Å². The molecule has 1 N–H and O–H groups in total. The van der Waals surface area contributed by atoms with Gasteiger partial charge in [0.1, 0.15) is 17.6 Å². The van der Waals surface area contributed by atoms with Gasteiger partial charge in [-0.15, -0.1) is 0 Å². The van der Waals surface area contributed by atoms with E-state index in [1.54, 1.807) is 43.2 Å². The summed E-state index contributed by atoms with van der Waals surface area (Å²) >= 11 is 0. The van der Waals surface area contributed by atoms with Gasteiger partial charge in [-0.3, -0.25) is 14.3 Å². The number of hydrogen-bond donors (Lipinski definition) is 1. The van der Waals surface area contributed by atoms with Crippen LogP contribution >= 0.6 is 0 Å². The van der Waals surface area contributed by atoms with Crippen LogP contribution < -0.4 is 25.1 Å². The van der Waals surface area contributed by atoms with Crippen LogP contribution in [0.3, 0.4) is 0 Å². The fourth-order valence-corrected chi connectivity index (χ4v) is 5.88. The second-order valence-electron chi connectivity index (χ2n) is 10.5. The van der Waals surface area contributed by atoms with E-state index in [1.807, 2.05) is 59.3 Å². The molecule has 0 bridgehead atoms. The maximum absolute atomic E-state index is 13.8. The van der Waals surface area contributed by atoms with Crippen molar-refractivity contribution in [2.75, 3.05) is 19.5 Å². The van der Waals surface area contributed by atoms with E-state index in [-0.39, 0.29) is 11.1 Å². The second-order valence-corrected chi connectivity index (χ2v) is 10.5. The van der Waals surface area contributed by atoms with Gasteiger partial charge in [0.05, 0.1) is 36.5 Å². The number of hydrogen-bond acceptors (Lipinski definition) is 7. The van der Waals surface area contributed by atoms with Crippen molar-refractivity contribution < 1.29 is 19.0 Å². The standard InChI is InChI=1S/C34H29N5O5/c1-42-29-18-24-26(19-30(29)43-2)35-20-36-33(24)44-28-16-15-25(22-12-6-7-13-23(22)28)37-32(40)31-27-14-8-9-17-38(27)39(34(31)41)21-10-4-3-5-11-21/h3-7,10-13,15-16,18-20H,8-9,14,17H2,1-2H3,(H,37,40). The Kier molecular flexibility index (Phi) is 6.94. The average Bonchev–Trinajstić information content (AvgIpc) is 3.37. The first-order chi connectivity index (χ1) is 21.6. The van der Waals surface area contributed by atoms with Crippen LogP contribution in [0, 0.1) is 0 Å². The zero-order chi connectivity index (χ0) is 30.2. The van der Waals surface area contributed by atoms with Crippen LogP contribution in [0.15, 0.2) is 90.0 Å². The highest BCUT2D eigenvalue weighted by Gasteiger charge is 2.28. The molecule has 0 aliphatic carbocycles. The van der Waals surface area contributed by atoms with Gasteiger partial charge in [-0.2, -0.15) is 0 Å². The molecule has 6 aromatic rings. The Morgan fingerprint density at radius 2 is 1.57 bits per heavy atom. The fraction of sp³-hybridized carbons (Fsp3) is 0.176. The van der Waals surface area contributed by atoms with E-state index < -0.39 is 5.91 Å². The number of carbonyl (C=O) groups is 1. The highest BCUT2D eigenvalue weighted by molar-refractivity contribution is 6.10. The number of carbonyl (C=O) groups excluding carboxylic acids is 1. The lowest BCUT2D eigenvalue weighted by Gasteiger charge is -2.19. The van der Waals surface area contributed by atoms with Crippen molar-refractivity contribution in [3.63, 3.8) is 0 Å². The van der Waals surface area contributed by atoms with E-state index in [1.165, 1.54) is 6.33 Å². The van der Waals surface area contributed by atoms with Gasteiger partial charge < -0.3 is 19.5 Å². The zero-order valence-electron chi connectivity index (χ0n) is 24.2. The van der Waals surface area contributed by atoms with Crippen molar-refractivity contribution >= 4 is 33.3 Å². The van der Waals surface area contributed by atoms with Crippen LogP contribution in [0.2, 0.25) is 0 Å². The molecule has 1 aliphatic heterocycles. The zero-order valence-corrected chi connectivity index (χ0v) is 24.2. The molecule has 0 fully saturated rings. The minimum atomic E-state index is -0.433. The van der Waals surface area contributed by atoms with Crippen molar-refractivity contribution in [3.05, 3.63) is 107 Å². The Balaban J connectivity index is 1.26. The molecule has 2 aromatic heterocycles. The minimum Gasteiger partial charge on any atom is -0.493 e. The molecular formula is C34H29N5O5. The highest BCUT2D eigenvalue weighted by atomic mass is 16.5. The smallest absolute Gasteiger partial charge is 0.284 e. The average molecular weight is 588 g/mol. The first-order valence-corrected chi connectivity index (χ1v) is 14.3. The van der Waals surface area contributed by atoms with Crippen LogP contribution in [0.1, 0.15) is 28.9 Å². The van der Waals surface area contributed by atoms with Crippen LogP contribution in [0.4, 0.5) is 5.69 Å². The number of rotatable bonds is 7. The van der Waals surface area contributed by atoms with Gasteiger partial charge in [0.15, 0.2) is 11.5 Å². The molecule has 0 spiro atoms. The highest BCUT2D eigenvalue weighted by Crippen LogP contribution is 2.39. The van der Waals surface area contributed by atoms with Crippen LogP contribution in [-0.2, 0) is 13.0 Å². The molecule has 3 heterocycles. The summed E-state index contributed by atoms with van der Waals surface area (Å²) in [4.78, 5) is 36.3. The molecule has 4 aromatic carbocycles. The lowest BCUT2D eigenvalue weighted by Crippen LogP contribution is -2.26. The summed E-state index contributed by atoms with van der Waals surface area (Å²) < 4.78 is 20.8. The van der Waals surface area contributed by atoms with Crippen molar-refractivity contribution in [1.82, 2.24) is 19.3 Å². The first kappa shape index (κ1) is 27.2. The van der Waals surface area contributed by atoms with Gasteiger partial charge in [-0.05, 0) is 49.6 Å². The quantitative estimate of drug-likeness (QED) is 0.239. The molecule has 44 heavy (non-hydrogen) atoms. The number of anilines is 1. The number of benzene rings is 4. The Labute approximate surface area is 252 Å². The van der Waals surface area contributed by atoms with Crippen molar-refractivity contribution in [2.45, 2.75) is 25.8 Å². The molecule has 0 unspecified atom stereocenters. The topological polar surface area (TPSA) is 110 Å². The van der Waals surface area contributed by atoms with E-state index in [0.29, 0.717) is 52.7 Å². The van der Waals surface area contributed by atoms with Gasteiger partial charge in [-0.25, -0.2) is 14.6 Å². The van der Waals surface area contributed by atoms with E-state index in [9.17, 15) is 9.59 Å². The van der Waals surface area contributed by atoms with Crippen molar-refractivity contribution in [1.29, 1.82) is 0 Å². The molecule has 0 radical (unpaired) electrons.